The molecule has 192 valence electrons. The zero-order chi connectivity index (χ0) is 26.0. The molecule has 0 radical (unpaired) electrons. The van der Waals surface area contributed by atoms with E-state index in [9.17, 15) is 13.2 Å². The zero-order valence-electron chi connectivity index (χ0n) is 20.2. The highest BCUT2D eigenvalue weighted by Crippen LogP contribution is 2.29. The second-order valence-corrected chi connectivity index (χ2v) is 10.7. The lowest BCUT2D eigenvalue weighted by molar-refractivity contribution is -0.131. The van der Waals surface area contributed by atoms with Crippen LogP contribution in [0.1, 0.15) is 31.0 Å². The van der Waals surface area contributed by atoms with Crippen LogP contribution in [0.5, 0.6) is 0 Å². The predicted octanol–water partition coefficient (Wildman–Crippen LogP) is 3.39. The smallest absolute Gasteiger partial charge is 0.241 e. The van der Waals surface area contributed by atoms with Gasteiger partial charge in [-0.05, 0) is 49.1 Å². The second-order valence-electron chi connectivity index (χ2n) is 8.45. The van der Waals surface area contributed by atoms with Gasteiger partial charge in [0.15, 0.2) is 0 Å². The largest absolute Gasteiger partial charge is 0.498 e. The Labute approximate surface area is 217 Å². The molecule has 0 saturated carbocycles. The third kappa shape index (κ3) is 7.98. The number of carbonyl (C=O) groups is 1. The first-order valence-corrected chi connectivity index (χ1v) is 13.6. The van der Waals surface area contributed by atoms with E-state index in [4.69, 9.17) is 22.8 Å². The summed E-state index contributed by atoms with van der Waals surface area (Å²) in [7, 11) is -3.66. The summed E-state index contributed by atoms with van der Waals surface area (Å²) >= 11 is 6.32. The fourth-order valence-corrected chi connectivity index (χ4v) is 5.00. The monoisotopic (exact) mass is 530 g/mol. The summed E-state index contributed by atoms with van der Waals surface area (Å²) in [5, 5.41) is 0.722. The van der Waals surface area contributed by atoms with E-state index in [0.29, 0.717) is 32.5 Å². The van der Waals surface area contributed by atoms with Crippen LogP contribution in [0.15, 0.2) is 64.6 Å². The van der Waals surface area contributed by atoms with Crippen LogP contribution in [0.4, 0.5) is 0 Å². The summed E-state index contributed by atoms with van der Waals surface area (Å²) < 4.78 is 32.8. The number of carbonyl (C=O) groups excluding carboxylic acids is 1. The van der Waals surface area contributed by atoms with Gasteiger partial charge < -0.3 is 14.6 Å². The third-order valence-corrected chi connectivity index (χ3v) is 7.40. The highest BCUT2D eigenvalue weighted by atomic mass is 35.5. The van der Waals surface area contributed by atoms with Gasteiger partial charge in [0.1, 0.15) is 5.76 Å². The number of terminal acetylenes is 1. The minimum Gasteiger partial charge on any atom is -0.498 e. The first kappa shape index (κ1) is 27.5. The Morgan fingerprint density at radius 2 is 2.11 bits per heavy atom. The van der Waals surface area contributed by atoms with Gasteiger partial charge in [-0.1, -0.05) is 36.6 Å². The van der Waals surface area contributed by atoms with Gasteiger partial charge in [-0.15, -0.1) is 6.42 Å². The molecule has 1 heterocycles. The van der Waals surface area contributed by atoms with Gasteiger partial charge in [0.2, 0.25) is 15.9 Å². The maximum atomic E-state index is 13.3. The standard InChI is InChI=1S/C26H31ClN4O4S/c1-3-12-30-36(33,34)24-8-5-20(6-9-24)11-13-31(26(32)16-23-17-28-19-29-23)18-21-15-22(27)7-10-25(21)35-14-4-2/h1,5-10,17,19,21,30H,4,11-16,18H2,2H3,(H,28,29). The van der Waals surface area contributed by atoms with E-state index in [1.165, 1.54) is 12.1 Å². The van der Waals surface area contributed by atoms with Gasteiger partial charge in [-0.3, -0.25) is 4.79 Å². The van der Waals surface area contributed by atoms with Gasteiger partial charge in [0, 0.05) is 35.9 Å². The fourth-order valence-electron chi connectivity index (χ4n) is 3.81. The molecule has 1 amide bonds. The fraction of sp³-hybridized carbons (Fsp3) is 0.385. The molecule has 0 saturated heterocycles. The molecule has 1 aliphatic rings. The molecule has 3 rings (SSSR count). The van der Waals surface area contributed by atoms with Crippen molar-refractivity contribution in [2.24, 2.45) is 5.92 Å². The van der Waals surface area contributed by atoms with Crippen LogP contribution in [0.3, 0.4) is 0 Å². The van der Waals surface area contributed by atoms with E-state index in [-0.39, 0.29) is 29.7 Å². The number of H-pyrrole nitrogens is 1. The molecule has 1 aromatic heterocycles. The quantitative estimate of drug-likeness (QED) is 0.386. The van der Waals surface area contributed by atoms with Gasteiger partial charge in [-0.2, -0.15) is 4.72 Å². The molecule has 0 spiro atoms. The first-order chi connectivity index (χ1) is 17.3. The van der Waals surface area contributed by atoms with Crippen LogP contribution in [0, 0.1) is 18.3 Å². The van der Waals surface area contributed by atoms with Crippen molar-refractivity contribution in [2.45, 2.75) is 37.5 Å². The number of rotatable bonds is 13. The Morgan fingerprint density at radius 3 is 2.78 bits per heavy atom. The molecule has 8 nitrogen and oxygen atoms in total. The average Bonchev–Trinajstić information content (AvgIpc) is 3.38. The second kappa shape index (κ2) is 13.3. The van der Waals surface area contributed by atoms with E-state index in [1.807, 2.05) is 24.0 Å². The van der Waals surface area contributed by atoms with Crippen molar-refractivity contribution in [1.82, 2.24) is 19.6 Å². The maximum Gasteiger partial charge on any atom is 0.241 e. The van der Waals surface area contributed by atoms with Crippen LogP contribution in [0.25, 0.3) is 0 Å². The van der Waals surface area contributed by atoms with Crippen LogP contribution in [-0.2, 0) is 32.4 Å². The number of ether oxygens (including phenoxy) is 1. The molecule has 10 heteroatoms. The lowest BCUT2D eigenvalue weighted by Gasteiger charge is -2.30. The molecule has 2 aromatic rings. The number of allylic oxidation sites excluding steroid dienone is 3. The first-order valence-electron chi connectivity index (χ1n) is 11.8. The van der Waals surface area contributed by atoms with Crippen molar-refractivity contribution < 1.29 is 17.9 Å². The number of aromatic amines is 1. The van der Waals surface area contributed by atoms with Crippen LogP contribution < -0.4 is 4.72 Å². The number of hydrogen-bond acceptors (Lipinski definition) is 5. The van der Waals surface area contributed by atoms with Crippen LogP contribution in [0.2, 0.25) is 0 Å². The molecule has 36 heavy (non-hydrogen) atoms. The Morgan fingerprint density at radius 1 is 1.33 bits per heavy atom. The summed E-state index contributed by atoms with van der Waals surface area (Å²) in [5.74, 6) is 2.99. The van der Waals surface area contributed by atoms with Gasteiger partial charge >= 0.3 is 0 Å². The van der Waals surface area contributed by atoms with Gasteiger partial charge in [-0.25, -0.2) is 13.4 Å². The number of amides is 1. The molecule has 1 unspecified atom stereocenters. The Balaban J connectivity index is 1.72. The maximum absolute atomic E-state index is 13.3. The van der Waals surface area contributed by atoms with Gasteiger partial charge in [0.25, 0.3) is 0 Å². The lowest BCUT2D eigenvalue weighted by Crippen LogP contribution is -2.39. The van der Waals surface area contributed by atoms with E-state index in [1.54, 1.807) is 24.7 Å². The molecule has 1 atom stereocenters. The average molecular weight is 531 g/mol. The highest BCUT2D eigenvalue weighted by molar-refractivity contribution is 7.89. The Hall–Kier alpha value is -3.06. The number of halogens is 1. The van der Waals surface area contributed by atoms with Crippen molar-refractivity contribution in [3.8, 4) is 12.3 Å². The van der Waals surface area contributed by atoms with Crippen molar-refractivity contribution in [1.29, 1.82) is 0 Å². The number of nitrogens with one attached hydrogen (secondary N) is 2. The number of imidazole rings is 1. The Kier molecular flexibility index (Phi) is 10.2. The number of hydrogen-bond donors (Lipinski definition) is 2. The molecule has 1 aromatic carbocycles. The zero-order valence-corrected chi connectivity index (χ0v) is 21.8. The lowest BCUT2D eigenvalue weighted by atomic mass is 9.97. The minimum absolute atomic E-state index is 0.0440. The topological polar surface area (TPSA) is 104 Å². The molecular formula is C26H31ClN4O4S. The molecule has 1 aliphatic carbocycles. The van der Waals surface area contributed by atoms with Crippen molar-refractivity contribution in [3.05, 3.63) is 71.0 Å². The SMILES string of the molecule is C#CCNS(=O)(=O)c1ccc(CCN(CC2CC(Cl)=CC=C2OCCC)C(=O)Cc2cnc[nH]2)cc1. The molecule has 0 aliphatic heterocycles. The van der Waals surface area contributed by atoms with Crippen LogP contribution >= 0.6 is 11.6 Å². The van der Waals surface area contributed by atoms with E-state index >= 15 is 0 Å². The van der Waals surface area contributed by atoms with Crippen molar-refractivity contribution in [2.75, 3.05) is 26.2 Å². The van der Waals surface area contributed by atoms with Crippen molar-refractivity contribution in [3.63, 3.8) is 0 Å². The van der Waals surface area contributed by atoms with E-state index < -0.39 is 10.0 Å². The van der Waals surface area contributed by atoms with E-state index in [2.05, 4.69) is 20.6 Å². The third-order valence-electron chi connectivity index (χ3n) is 5.70. The number of nitrogens with zero attached hydrogens (tertiary/aromatic N) is 2. The molecule has 2 N–H and O–H groups in total. The van der Waals surface area contributed by atoms with Gasteiger partial charge in [0.05, 0.1) is 30.8 Å². The number of aromatic nitrogens is 2. The summed E-state index contributed by atoms with van der Waals surface area (Å²) in [4.78, 5) is 22.2. The summed E-state index contributed by atoms with van der Waals surface area (Å²) in [6, 6.07) is 6.57. The molecule has 0 bridgehead atoms. The van der Waals surface area contributed by atoms with Crippen LogP contribution in [-0.4, -0.2) is 55.4 Å². The number of sulfonamides is 1. The molecule has 0 fully saturated rings. The summed E-state index contributed by atoms with van der Waals surface area (Å²) in [5.41, 5.74) is 1.64. The minimum atomic E-state index is -3.66. The summed E-state index contributed by atoms with van der Waals surface area (Å²) in [6.45, 7) is 3.48. The van der Waals surface area contributed by atoms with E-state index in [0.717, 1.165) is 28.5 Å². The van der Waals surface area contributed by atoms with Crippen molar-refractivity contribution >= 4 is 27.5 Å². The predicted molar refractivity (Wildman–Crippen MR) is 139 cm³/mol. The number of benzene rings is 1. The Bertz CT molecular complexity index is 1220. The molecular weight excluding hydrogens is 500 g/mol. The highest BCUT2D eigenvalue weighted by Gasteiger charge is 2.26. The summed E-state index contributed by atoms with van der Waals surface area (Å²) in [6.07, 6.45) is 14.3. The normalized spacial score (nSPS) is 15.5.